The molecular formula is C19H32N4O11. The van der Waals surface area contributed by atoms with Gasteiger partial charge in [-0.25, -0.2) is 4.79 Å². The van der Waals surface area contributed by atoms with Crippen molar-refractivity contribution >= 4 is 29.7 Å². The van der Waals surface area contributed by atoms with Crippen LogP contribution in [0.5, 0.6) is 0 Å². The molecule has 0 saturated carbocycles. The molecule has 9 N–H and O–H groups in total. The molecule has 3 amide bonds. The van der Waals surface area contributed by atoms with Crippen LogP contribution in [0, 0.1) is 0 Å². The van der Waals surface area contributed by atoms with Crippen LogP contribution >= 0.6 is 0 Å². The Morgan fingerprint density at radius 3 is 2.18 bits per heavy atom. The van der Waals surface area contributed by atoms with Gasteiger partial charge >= 0.3 is 11.9 Å². The van der Waals surface area contributed by atoms with Crippen molar-refractivity contribution in [3.05, 3.63) is 0 Å². The molecular weight excluding hydrogens is 460 g/mol. The van der Waals surface area contributed by atoms with Gasteiger partial charge < -0.3 is 51.6 Å². The molecule has 1 fully saturated rings. The highest BCUT2D eigenvalue weighted by atomic mass is 16.6. The Morgan fingerprint density at radius 1 is 1.18 bits per heavy atom. The first-order chi connectivity index (χ1) is 15.7. The van der Waals surface area contributed by atoms with E-state index in [-0.39, 0.29) is 0 Å². The highest BCUT2D eigenvalue weighted by molar-refractivity contribution is 5.89. The molecule has 0 aromatic heterocycles. The molecule has 0 radical (unpaired) electrons. The predicted octanol–water partition coefficient (Wildman–Crippen LogP) is -3.68. The van der Waals surface area contributed by atoms with Gasteiger partial charge in [0.2, 0.25) is 17.7 Å². The van der Waals surface area contributed by atoms with Gasteiger partial charge in [0.15, 0.2) is 12.3 Å². The van der Waals surface area contributed by atoms with Crippen molar-refractivity contribution in [3.63, 3.8) is 0 Å². The second kappa shape index (κ2) is 12.6. The van der Waals surface area contributed by atoms with Crippen molar-refractivity contribution in [1.29, 1.82) is 0 Å². The number of amides is 3. The summed E-state index contributed by atoms with van der Waals surface area (Å²) in [4.78, 5) is 60.5. The Hall–Kier alpha value is -2.85. The zero-order valence-electron chi connectivity index (χ0n) is 19.0. The monoisotopic (exact) mass is 492 g/mol. The Bertz CT molecular complexity index is 777. The molecule has 1 rings (SSSR count). The van der Waals surface area contributed by atoms with E-state index in [1.54, 1.807) is 0 Å². The maximum atomic E-state index is 13.1. The van der Waals surface area contributed by atoms with Crippen LogP contribution in [-0.4, -0.2) is 110 Å². The van der Waals surface area contributed by atoms with Crippen LogP contribution in [0.4, 0.5) is 0 Å². The number of carboxylic acids is 2. The third-order valence-corrected chi connectivity index (χ3v) is 5.17. The average molecular weight is 492 g/mol. The van der Waals surface area contributed by atoms with E-state index in [0.717, 1.165) is 18.7 Å². The van der Waals surface area contributed by atoms with E-state index in [1.807, 2.05) is 0 Å². The van der Waals surface area contributed by atoms with Gasteiger partial charge in [-0.15, -0.1) is 0 Å². The molecule has 0 aromatic rings. The number of aliphatic hydroxyl groups is 2. The predicted molar refractivity (Wildman–Crippen MR) is 112 cm³/mol. The van der Waals surface area contributed by atoms with Gasteiger partial charge in [0.05, 0.1) is 12.6 Å². The van der Waals surface area contributed by atoms with Crippen LogP contribution in [0.15, 0.2) is 0 Å². The molecule has 1 heterocycles. The minimum atomic E-state index is -1.67. The van der Waals surface area contributed by atoms with Gasteiger partial charge in [-0.05, 0) is 20.3 Å². The van der Waals surface area contributed by atoms with Crippen molar-refractivity contribution in [1.82, 2.24) is 10.2 Å². The van der Waals surface area contributed by atoms with Crippen LogP contribution in [0.2, 0.25) is 0 Å². The summed E-state index contributed by atoms with van der Waals surface area (Å²) in [6.07, 6.45) is -8.82. The third-order valence-electron chi connectivity index (χ3n) is 5.17. The number of carboxylic acid groups (broad SMARTS) is 2. The summed E-state index contributed by atoms with van der Waals surface area (Å²) in [5, 5.41) is 41.1. The molecule has 1 unspecified atom stereocenters. The Labute approximate surface area is 195 Å². The molecule has 15 heteroatoms. The number of nitrogens with zero attached hydrogens (tertiary/aromatic N) is 1. The second-order valence-electron chi connectivity index (χ2n) is 7.93. The van der Waals surface area contributed by atoms with Gasteiger partial charge in [-0.1, -0.05) is 0 Å². The number of hydrogen-bond acceptors (Lipinski definition) is 10. The van der Waals surface area contributed by atoms with Gasteiger partial charge in [0.25, 0.3) is 0 Å². The van der Waals surface area contributed by atoms with Crippen LogP contribution in [0.25, 0.3) is 0 Å². The smallest absolute Gasteiger partial charge is 0.332 e. The lowest BCUT2D eigenvalue weighted by molar-refractivity contribution is -0.251. The largest absolute Gasteiger partial charge is 0.481 e. The summed E-state index contributed by atoms with van der Waals surface area (Å²) in [6.45, 7) is 2.71. The summed E-state index contributed by atoms with van der Waals surface area (Å²) in [6, 6.07) is -4.29. The molecule has 1 aliphatic heterocycles. The van der Waals surface area contributed by atoms with Crippen molar-refractivity contribution in [2.75, 3.05) is 6.61 Å². The molecule has 15 nitrogen and oxygen atoms in total. The zero-order chi connectivity index (χ0) is 26.3. The number of nitrogens with one attached hydrogen (secondary N) is 1. The lowest BCUT2D eigenvalue weighted by Crippen LogP contribution is -2.72. The molecule has 1 saturated heterocycles. The van der Waals surface area contributed by atoms with Crippen molar-refractivity contribution in [3.8, 4) is 0 Å². The summed E-state index contributed by atoms with van der Waals surface area (Å²) in [7, 11) is 0. The number of carbonyl (C=O) groups excluding carboxylic acids is 3. The standard InChI is InChI=1S/C19H32N4O11/c1-7(20)17(30)23(10(16(21)29)4-5-12(26)27)18-13(22-9(3)25)15(33-8(2)19(31)32)14(28)11(6-24)34-18/h7-8,10-11,13-15,18,24,28H,4-6,20H2,1-3H3,(H2,21,29)(H,22,25)(H,26,27)(H,31,32)/t7-,8+,10+,11+,13+,14+,15+,18?/m0/s1. The summed E-state index contributed by atoms with van der Waals surface area (Å²) >= 11 is 0. The maximum Gasteiger partial charge on any atom is 0.332 e. The lowest BCUT2D eigenvalue weighted by Gasteiger charge is -2.50. The minimum absolute atomic E-state index is 0.445. The summed E-state index contributed by atoms with van der Waals surface area (Å²) in [5.74, 6) is -5.42. The fourth-order valence-electron chi connectivity index (χ4n) is 3.54. The molecule has 0 aromatic carbocycles. The number of rotatable bonds is 12. The molecule has 8 atom stereocenters. The zero-order valence-corrected chi connectivity index (χ0v) is 19.0. The molecule has 0 bridgehead atoms. The minimum Gasteiger partial charge on any atom is -0.481 e. The fourth-order valence-corrected chi connectivity index (χ4v) is 3.54. The average Bonchev–Trinajstić information content (AvgIpc) is 2.72. The number of carbonyl (C=O) groups is 5. The molecule has 34 heavy (non-hydrogen) atoms. The quantitative estimate of drug-likeness (QED) is 0.139. The Kier molecular flexibility index (Phi) is 10.8. The maximum absolute atomic E-state index is 13.1. The number of aliphatic carboxylic acids is 2. The second-order valence-corrected chi connectivity index (χ2v) is 7.93. The van der Waals surface area contributed by atoms with E-state index in [1.165, 1.54) is 6.92 Å². The number of nitrogens with two attached hydrogens (primary N) is 2. The lowest BCUT2D eigenvalue weighted by atomic mass is 9.93. The number of aliphatic hydroxyl groups excluding tert-OH is 2. The van der Waals surface area contributed by atoms with Crippen LogP contribution in [0.1, 0.15) is 33.6 Å². The van der Waals surface area contributed by atoms with Gasteiger partial charge in [0.1, 0.15) is 30.4 Å². The van der Waals surface area contributed by atoms with Crippen LogP contribution in [-0.2, 0) is 33.4 Å². The first kappa shape index (κ1) is 29.2. The summed E-state index contributed by atoms with van der Waals surface area (Å²) in [5.41, 5.74) is 11.2. The number of primary amides is 1. The summed E-state index contributed by atoms with van der Waals surface area (Å²) < 4.78 is 11.1. The highest BCUT2D eigenvalue weighted by Crippen LogP contribution is 2.29. The first-order valence-electron chi connectivity index (χ1n) is 10.4. The van der Waals surface area contributed by atoms with Gasteiger partial charge in [0, 0.05) is 13.3 Å². The van der Waals surface area contributed by atoms with Crippen LogP contribution in [0.3, 0.4) is 0 Å². The van der Waals surface area contributed by atoms with E-state index >= 15 is 0 Å². The molecule has 194 valence electrons. The van der Waals surface area contributed by atoms with E-state index in [0.29, 0.717) is 0 Å². The molecule has 0 aliphatic carbocycles. The van der Waals surface area contributed by atoms with Crippen molar-refractivity contribution in [2.24, 2.45) is 11.5 Å². The number of hydrogen-bond donors (Lipinski definition) is 7. The van der Waals surface area contributed by atoms with Crippen molar-refractivity contribution in [2.45, 2.75) is 82.4 Å². The first-order valence-corrected chi connectivity index (χ1v) is 10.4. The van der Waals surface area contributed by atoms with E-state index in [4.69, 9.17) is 26.0 Å². The third kappa shape index (κ3) is 7.33. The SMILES string of the molecule is CC(=O)N[C@H]1C(N(C(=O)[C@H](C)N)[C@H](CCC(=O)O)C(N)=O)O[C@H](CO)[C@@H](O)[C@@H]1O[C@H](C)C(=O)O. The van der Waals surface area contributed by atoms with Crippen molar-refractivity contribution < 1.29 is 53.9 Å². The highest BCUT2D eigenvalue weighted by Gasteiger charge is 2.52. The fraction of sp³-hybridized carbons (Fsp3) is 0.737. The molecule has 1 aliphatic rings. The molecule has 0 spiro atoms. The van der Waals surface area contributed by atoms with E-state index in [9.17, 15) is 39.3 Å². The van der Waals surface area contributed by atoms with E-state index in [2.05, 4.69) is 5.32 Å². The van der Waals surface area contributed by atoms with E-state index < -0.39 is 97.9 Å². The van der Waals surface area contributed by atoms with Gasteiger partial charge in [-0.2, -0.15) is 0 Å². The topological polar surface area (TPSA) is 252 Å². The van der Waals surface area contributed by atoms with Crippen LogP contribution < -0.4 is 16.8 Å². The normalized spacial score (nSPS) is 27.2. The van der Waals surface area contributed by atoms with Gasteiger partial charge in [-0.3, -0.25) is 19.2 Å². The number of ether oxygens (including phenoxy) is 2. The Morgan fingerprint density at radius 2 is 1.76 bits per heavy atom. The Balaban J connectivity index is 3.65.